The van der Waals surface area contributed by atoms with E-state index in [4.69, 9.17) is 10.5 Å². The maximum atomic E-state index is 6.22. The van der Waals surface area contributed by atoms with Crippen molar-refractivity contribution in [2.75, 3.05) is 19.7 Å². The average molecular weight is 280 g/mol. The summed E-state index contributed by atoms with van der Waals surface area (Å²) in [5.74, 6) is 0.836. The summed E-state index contributed by atoms with van der Waals surface area (Å²) in [4.78, 5) is 2.77. The fourth-order valence-electron chi connectivity index (χ4n) is 4.83. The lowest BCUT2D eigenvalue weighted by Gasteiger charge is -2.49. The minimum atomic E-state index is 0.498. The third-order valence-corrected chi connectivity index (χ3v) is 5.89. The van der Waals surface area contributed by atoms with Crippen LogP contribution in [0.3, 0.4) is 0 Å². The van der Waals surface area contributed by atoms with Gasteiger partial charge in [0.05, 0.1) is 12.7 Å². The van der Waals surface area contributed by atoms with Crippen molar-refractivity contribution in [3.63, 3.8) is 0 Å². The zero-order valence-electron chi connectivity index (χ0n) is 12.9. The van der Waals surface area contributed by atoms with Crippen LogP contribution >= 0.6 is 0 Å². The molecule has 3 rings (SSSR count). The van der Waals surface area contributed by atoms with Crippen LogP contribution < -0.4 is 5.73 Å². The Balaban J connectivity index is 1.69. The van der Waals surface area contributed by atoms with Crippen molar-refractivity contribution >= 4 is 0 Å². The molecule has 20 heavy (non-hydrogen) atoms. The molecule has 2 aliphatic carbocycles. The summed E-state index contributed by atoms with van der Waals surface area (Å²) >= 11 is 0. The number of rotatable bonds is 3. The second-order valence-corrected chi connectivity index (χ2v) is 7.05. The molecule has 2 saturated carbocycles. The van der Waals surface area contributed by atoms with Crippen LogP contribution in [0.15, 0.2) is 0 Å². The van der Waals surface area contributed by atoms with E-state index in [1.807, 2.05) is 0 Å². The molecule has 0 bridgehead atoms. The Morgan fingerprint density at radius 2 is 1.65 bits per heavy atom. The molecular weight excluding hydrogens is 248 g/mol. The van der Waals surface area contributed by atoms with Gasteiger partial charge in [0.1, 0.15) is 0 Å². The fraction of sp³-hybridized carbons (Fsp3) is 1.00. The van der Waals surface area contributed by atoms with Crippen molar-refractivity contribution in [3.05, 3.63) is 0 Å². The molecule has 0 amide bonds. The van der Waals surface area contributed by atoms with E-state index in [0.29, 0.717) is 18.2 Å². The van der Waals surface area contributed by atoms with Gasteiger partial charge in [-0.2, -0.15) is 0 Å². The second-order valence-electron chi connectivity index (χ2n) is 7.05. The summed E-state index contributed by atoms with van der Waals surface area (Å²) in [6, 6.07) is 1.27. The highest BCUT2D eigenvalue weighted by atomic mass is 16.5. The van der Waals surface area contributed by atoms with E-state index >= 15 is 0 Å². The monoisotopic (exact) mass is 280 g/mol. The first-order chi connectivity index (χ1) is 9.90. The van der Waals surface area contributed by atoms with E-state index in [1.54, 1.807) is 0 Å². The molecule has 3 fully saturated rings. The van der Waals surface area contributed by atoms with E-state index in [1.165, 1.54) is 64.2 Å². The first kappa shape index (κ1) is 14.8. The lowest BCUT2D eigenvalue weighted by molar-refractivity contribution is -0.109. The molecular formula is C17H32N2O. The van der Waals surface area contributed by atoms with Crippen molar-refractivity contribution in [2.45, 2.75) is 82.4 Å². The Labute approximate surface area is 124 Å². The Morgan fingerprint density at radius 1 is 0.950 bits per heavy atom. The number of fused-ring (bicyclic) bond motifs is 1. The van der Waals surface area contributed by atoms with Gasteiger partial charge in [0.2, 0.25) is 0 Å². The van der Waals surface area contributed by atoms with Gasteiger partial charge in [0.25, 0.3) is 0 Å². The van der Waals surface area contributed by atoms with Crippen molar-refractivity contribution < 1.29 is 4.74 Å². The van der Waals surface area contributed by atoms with Crippen LogP contribution in [0.4, 0.5) is 0 Å². The first-order valence-electron chi connectivity index (χ1n) is 8.97. The zero-order valence-corrected chi connectivity index (χ0v) is 12.9. The Hall–Kier alpha value is -0.120. The molecule has 3 atom stereocenters. The number of nitrogens with zero attached hydrogens (tertiary/aromatic N) is 1. The van der Waals surface area contributed by atoms with E-state index in [-0.39, 0.29) is 0 Å². The molecule has 3 unspecified atom stereocenters. The third kappa shape index (κ3) is 3.20. The molecule has 0 aromatic rings. The number of hydrogen-bond acceptors (Lipinski definition) is 3. The highest BCUT2D eigenvalue weighted by molar-refractivity contribution is 4.93. The molecule has 3 heteroatoms. The van der Waals surface area contributed by atoms with Gasteiger partial charge >= 0.3 is 0 Å². The average Bonchev–Trinajstić information content (AvgIpc) is 2.78. The van der Waals surface area contributed by atoms with Crippen molar-refractivity contribution in [2.24, 2.45) is 11.7 Å². The molecule has 116 valence electrons. The van der Waals surface area contributed by atoms with Gasteiger partial charge in [-0.3, -0.25) is 4.90 Å². The van der Waals surface area contributed by atoms with Crippen LogP contribution in [-0.4, -0.2) is 42.8 Å². The predicted molar refractivity (Wildman–Crippen MR) is 82.7 cm³/mol. The molecule has 0 aromatic carbocycles. The zero-order chi connectivity index (χ0) is 13.8. The lowest BCUT2D eigenvalue weighted by atomic mass is 9.85. The quantitative estimate of drug-likeness (QED) is 0.808. The Kier molecular flexibility index (Phi) is 5.36. The van der Waals surface area contributed by atoms with Crippen molar-refractivity contribution in [3.8, 4) is 0 Å². The standard InChI is InChI=1S/C17H32N2O/c18-13-16(14-7-3-1-2-4-8-14)19-11-12-20-17-10-6-5-9-15(17)19/h14-17H,1-13,18H2. The van der Waals surface area contributed by atoms with Crippen LogP contribution in [0.1, 0.15) is 64.2 Å². The topological polar surface area (TPSA) is 38.5 Å². The molecule has 3 nitrogen and oxygen atoms in total. The van der Waals surface area contributed by atoms with Crippen LogP contribution in [0, 0.1) is 5.92 Å². The van der Waals surface area contributed by atoms with Crippen molar-refractivity contribution in [1.82, 2.24) is 4.90 Å². The molecule has 0 aromatic heterocycles. The fourth-order valence-corrected chi connectivity index (χ4v) is 4.83. The summed E-state index contributed by atoms with van der Waals surface area (Å²) < 4.78 is 6.04. The van der Waals surface area contributed by atoms with E-state index in [9.17, 15) is 0 Å². The Bertz CT molecular complexity index is 287. The molecule has 1 heterocycles. The van der Waals surface area contributed by atoms with Gasteiger partial charge < -0.3 is 10.5 Å². The van der Waals surface area contributed by atoms with E-state index in [0.717, 1.165) is 25.6 Å². The molecule has 1 aliphatic heterocycles. The van der Waals surface area contributed by atoms with E-state index in [2.05, 4.69) is 4.90 Å². The molecule has 2 N–H and O–H groups in total. The number of hydrogen-bond donors (Lipinski definition) is 1. The summed E-state index contributed by atoms with van der Waals surface area (Å²) in [6.07, 6.45) is 14.3. The molecule has 3 aliphatic rings. The van der Waals surface area contributed by atoms with Crippen LogP contribution in [0.25, 0.3) is 0 Å². The minimum Gasteiger partial charge on any atom is -0.375 e. The van der Waals surface area contributed by atoms with Crippen molar-refractivity contribution in [1.29, 1.82) is 0 Å². The first-order valence-corrected chi connectivity index (χ1v) is 8.97. The van der Waals surface area contributed by atoms with Gasteiger partial charge in [0, 0.05) is 25.2 Å². The summed E-state index contributed by atoms with van der Waals surface area (Å²) in [7, 11) is 0. The van der Waals surface area contributed by atoms with Gasteiger partial charge in [-0.25, -0.2) is 0 Å². The van der Waals surface area contributed by atoms with Gasteiger partial charge in [-0.15, -0.1) is 0 Å². The highest BCUT2D eigenvalue weighted by Gasteiger charge is 2.39. The second kappa shape index (κ2) is 7.24. The largest absolute Gasteiger partial charge is 0.375 e. The summed E-state index contributed by atoms with van der Waals surface area (Å²) in [5.41, 5.74) is 6.22. The number of morpholine rings is 1. The SMILES string of the molecule is NCC(C1CCCCCC1)N1CCOC2CCCCC21. The van der Waals surface area contributed by atoms with Crippen LogP contribution in [0.5, 0.6) is 0 Å². The third-order valence-electron chi connectivity index (χ3n) is 5.89. The summed E-state index contributed by atoms with van der Waals surface area (Å²) in [5, 5.41) is 0. The summed E-state index contributed by atoms with van der Waals surface area (Å²) in [6.45, 7) is 2.87. The maximum absolute atomic E-state index is 6.22. The highest BCUT2D eigenvalue weighted by Crippen LogP contribution is 2.34. The Morgan fingerprint density at radius 3 is 2.40 bits per heavy atom. The van der Waals surface area contributed by atoms with Gasteiger partial charge in [0.15, 0.2) is 0 Å². The van der Waals surface area contributed by atoms with E-state index < -0.39 is 0 Å². The maximum Gasteiger partial charge on any atom is 0.0731 e. The van der Waals surface area contributed by atoms with Crippen LogP contribution in [-0.2, 0) is 4.74 Å². The normalized spacial score (nSPS) is 35.2. The van der Waals surface area contributed by atoms with Gasteiger partial charge in [-0.05, 0) is 31.6 Å². The molecule has 0 spiro atoms. The van der Waals surface area contributed by atoms with Gasteiger partial charge in [-0.1, -0.05) is 38.5 Å². The van der Waals surface area contributed by atoms with Crippen LogP contribution in [0.2, 0.25) is 0 Å². The minimum absolute atomic E-state index is 0.498. The molecule has 1 saturated heterocycles. The predicted octanol–water partition coefficient (Wildman–Crippen LogP) is 2.93. The molecule has 0 radical (unpaired) electrons. The smallest absolute Gasteiger partial charge is 0.0731 e. The lowest BCUT2D eigenvalue weighted by Crippen LogP contribution is -2.59. The number of ether oxygens (including phenoxy) is 1. The number of nitrogens with two attached hydrogens (primary N) is 1.